The smallest absolute Gasteiger partial charge is 0.335 e. The lowest BCUT2D eigenvalue weighted by Gasteiger charge is -2.37. The summed E-state index contributed by atoms with van der Waals surface area (Å²) in [5.74, 6) is 0.270. The van der Waals surface area contributed by atoms with Crippen LogP contribution in [0.3, 0.4) is 0 Å². The number of ether oxygens (including phenoxy) is 2. The van der Waals surface area contributed by atoms with Gasteiger partial charge in [-0.3, -0.25) is 4.90 Å². The minimum atomic E-state index is -0.959. The van der Waals surface area contributed by atoms with Crippen molar-refractivity contribution in [3.05, 3.63) is 88.1 Å². The van der Waals surface area contributed by atoms with Crippen LogP contribution in [0.25, 0.3) is 11.0 Å². The molecule has 4 aromatic rings. The van der Waals surface area contributed by atoms with Gasteiger partial charge in [0.15, 0.2) is 0 Å². The molecular weight excluding hydrogens is 535 g/mol. The van der Waals surface area contributed by atoms with E-state index in [0.29, 0.717) is 36.2 Å². The quantitative estimate of drug-likeness (QED) is 0.255. The number of carbonyl (C=O) groups is 1. The van der Waals surface area contributed by atoms with Crippen LogP contribution in [0, 0.1) is 5.82 Å². The van der Waals surface area contributed by atoms with E-state index in [2.05, 4.69) is 16.4 Å². The van der Waals surface area contributed by atoms with Crippen molar-refractivity contribution in [1.82, 2.24) is 19.4 Å². The maximum atomic E-state index is 14.1. The van der Waals surface area contributed by atoms with Crippen LogP contribution in [0.1, 0.15) is 53.1 Å². The fourth-order valence-electron chi connectivity index (χ4n) is 5.29. The number of methoxy groups -OCH3 is 1. The molecule has 2 aromatic heterocycles. The number of hydrogen-bond acceptors (Lipinski definition) is 6. The second-order valence-electron chi connectivity index (χ2n) is 10.1. The Balaban J connectivity index is 1.26. The van der Waals surface area contributed by atoms with Gasteiger partial charge in [0.1, 0.15) is 18.2 Å². The number of imidazole rings is 1. The van der Waals surface area contributed by atoms with E-state index >= 15 is 0 Å². The summed E-state index contributed by atoms with van der Waals surface area (Å²) < 4.78 is 27.3. The Kier molecular flexibility index (Phi) is 8.63. The normalized spacial score (nSPS) is 17.8. The van der Waals surface area contributed by atoms with E-state index in [-0.39, 0.29) is 24.1 Å². The number of aromatic nitrogens is 3. The molecule has 1 saturated heterocycles. The number of aromatic carboxylic acids is 1. The van der Waals surface area contributed by atoms with Gasteiger partial charge in [-0.15, -0.1) is 0 Å². The predicted octanol–water partition coefficient (Wildman–Crippen LogP) is 5.92. The molecule has 210 valence electrons. The van der Waals surface area contributed by atoms with E-state index in [0.717, 1.165) is 41.9 Å². The fraction of sp³-hybridized carbons (Fsp3) is 0.367. The number of fused-ring (bicyclic) bond motifs is 1. The predicted molar refractivity (Wildman–Crippen MR) is 150 cm³/mol. The Bertz CT molecular complexity index is 1510. The molecule has 1 aliphatic heterocycles. The molecule has 3 heterocycles. The maximum Gasteiger partial charge on any atom is 0.335 e. The van der Waals surface area contributed by atoms with Gasteiger partial charge in [0.05, 0.1) is 29.7 Å². The van der Waals surface area contributed by atoms with Gasteiger partial charge in [0.25, 0.3) is 0 Å². The van der Waals surface area contributed by atoms with Crippen molar-refractivity contribution >= 4 is 28.6 Å². The molecule has 0 amide bonds. The molecule has 0 saturated carbocycles. The lowest BCUT2D eigenvalue weighted by atomic mass is 9.88. The van der Waals surface area contributed by atoms with Crippen molar-refractivity contribution in [2.45, 2.75) is 51.4 Å². The van der Waals surface area contributed by atoms with E-state index < -0.39 is 11.8 Å². The van der Waals surface area contributed by atoms with Crippen LogP contribution < -0.4 is 4.74 Å². The van der Waals surface area contributed by atoms with Crippen LogP contribution in [0.4, 0.5) is 4.39 Å². The third-order valence-corrected chi connectivity index (χ3v) is 7.74. The Morgan fingerprint density at radius 3 is 2.77 bits per heavy atom. The highest BCUT2D eigenvalue weighted by Gasteiger charge is 2.29. The number of carboxylic acids is 1. The molecule has 0 bridgehead atoms. The molecule has 0 unspecified atom stereocenters. The highest BCUT2D eigenvalue weighted by atomic mass is 35.5. The van der Waals surface area contributed by atoms with Crippen molar-refractivity contribution in [1.29, 1.82) is 0 Å². The van der Waals surface area contributed by atoms with Crippen LogP contribution >= 0.6 is 11.6 Å². The molecule has 0 aliphatic carbocycles. The molecule has 8 nitrogen and oxygen atoms in total. The molecule has 40 heavy (non-hydrogen) atoms. The number of piperidine rings is 1. The lowest BCUT2D eigenvalue weighted by Crippen LogP contribution is -2.40. The highest BCUT2D eigenvalue weighted by molar-refractivity contribution is 6.30. The standard InChI is InChI=1S/C30H32ClFN4O4/c1-19-14-20(25-4-3-5-29(34-25)40-18-22-6-8-23(31)16-24(22)32)10-11-35(19)17-28-33-26-9-7-21(30(37)38)15-27(26)36(28)12-13-39-2/h3-9,15-16,19-20H,10-14,17-18H2,1-2H3,(H,37,38)/t19-,20-/m1/s1. The third-order valence-electron chi connectivity index (χ3n) is 7.51. The first-order chi connectivity index (χ1) is 19.3. The Labute approximate surface area is 237 Å². The van der Waals surface area contributed by atoms with E-state index in [1.165, 1.54) is 6.07 Å². The molecule has 1 fully saturated rings. The summed E-state index contributed by atoms with van der Waals surface area (Å²) in [6, 6.07) is 15.6. The number of nitrogens with zero attached hydrogens (tertiary/aromatic N) is 4. The monoisotopic (exact) mass is 566 g/mol. The first-order valence-electron chi connectivity index (χ1n) is 13.3. The second-order valence-corrected chi connectivity index (χ2v) is 10.6. The average Bonchev–Trinajstić information content (AvgIpc) is 3.28. The topological polar surface area (TPSA) is 89.7 Å². The molecule has 5 rings (SSSR count). The first kappa shape index (κ1) is 28.0. The molecule has 0 radical (unpaired) electrons. The molecule has 2 aromatic carbocycles. The molecule has 1 aliphatic rings. The second kappa shape index (κ2) is 12.3. The third kappa shape index (κ3) is 6.27. The molecule has 2 atom stereocenters. The Hall–Kier alpha value is -3.53. The Morgan fingerprint density at radius 1 is 1.18 bits per heavy atom. The number of rotatable bonds is 10. The van der Waals surface area contributed by atoms with Crippen LogP contribution in [-0.4, -0.2) is 56.8 Å². The average molecular weight is 567 g/mol. The summed E-state index contributed by atoms with van der Waals surface area (Å²) in [5.41, 5.74) is 3.21. The van der Waals surface area contributed by atoms with Crippen molar-refractivity contribution in [3.63, 3.8) is 0 Å². The first-order valence-corrected chi connectivity index (χ1v) is 13.7. The van der Waals surface area contributed by atoms with Crippen LogP contribution in [0.15, 0.2) is 54.6 Å². The lowest BCUT2D eigenvalue weighted by molar-refractivity contribution is 0.0697. The van der Waals surface area contributed by atoms with Crippen LogP contribution in [0.2, 0.25) is 5.02 Å². The summed E-state index contributed by atoms with van der Waals surface area (Å²) >= 11 is 5.84. The summed E-state index contributed by atoms with van der Waals surface area (Å²) in [7, 11) is 1.65. The summed E-state index contributed by atoms with van der Waals surface area (Å²) in [6.45, 7) is 4.89. The minimum Gasteiger partial charge on any atom is -0.478 e. The van der Waals surface area contributed by atoms with Gasteiger partial charge < -0.3 is 19.1 Å². The molecule has 0 spiro atoms. The summed E-state index contributed by atoms with van der Waals surface area (Å²) in [6.07, 6.45) is 1.85. The number of halogens is 2. The van der Waals surface area contributed by atoms with Gasteiger partial charge in [-0.2, -0.15) is 0 Å². The maximum absolute atomic E-state index is 14.1. The van der Waals surface area contributed by atoms with E-state index in [1.807, 2.05) is 12.1 Å². The van der Waals surface area contributed by atoms with E-state index in [9.17, 15) is 14.3 Å². The number of pyridine rings is 1. The van der Waals surface area contributed by atoms with E-state index in [4.69, 9.17) is 31.0 Å². The molecule has 10 heteroatoms. The van der Waals surface area contributed by atoms with Crippen LogP contribution in [0.5, 0.6) is 5.88 Å². The summed E-state index contributed by atoms with van der Waals surface area (Å²) in [5, 5.41) is 9.81. The van der Waals surface area contributed by atoms with Gasteiger partial charge in [-0.25, -0.2) is 19.2 Å². The van der Waals surface area contributed by atoms with Crippen molar-refractivity contribution < 1.29 is 23.8 Å². The Morgan fingerprint density at radius 2 is 2.02 bits per heavy atom. The molecular formula is C30H32ClFN4O4. The van der Waals surface area contributed by atoms with Gasteiger partial charge in [-0.05, 0) is 62.7 Å². The van der Waals surface area contributed by atoms with Crippen LogP contribution in [-0.2, 0) is 24.4 Å². The van der Waals surface area contributed by atoms with Crippen molar-refractivity contribution in [2.75, 3.05) is 20.3 Å². The largest absolute Gasteiger partial charge is 0.478 e. The zero-order valence-electron chi connectivity index (χ0n) is 22.5. The zero-order chi connectivity index (χ0) is 28.2. The van der Waals surface area contributed by atoms with Gasteiger partial charge in [0.2, 0.25) is 5.88 Å². The van der Waals surface area contributed by atoms with Crippen molar-refractivity contribution in [3.8, 4) is 5.88 Å². The fourth-order valence-corrected chi connectivity index (χ4v) is 5.45. The van der Waals surface area contributed by atoms with Gasteiger partial charge in [-0.1, -0.05) is 23.7 Å². The van der Waals surface area contributed by atoms with E-state index in [1.54, 1.807) is 43.5 Å². The highest BCUT2D eigenvalue weighted by Crippen LogP contribution is 2.33. The van der Waals surface area contributed by atoms with Gasteiger partial charge in [0, 0.05) is 48.0 Å². The molecule has 1 N–H and O–H groups in total. The SMILES string of the molecule is COCCn1c(CN2CC[C@@H](c3cccc(OCc4ccc(Cl)cc4F)n3)C[C@H]2C)nc2ccc(C(=O)O)cc21. The zero-order valence-corrected chi connectivity index (χ0v) is 23.3. The number of likely N-dealkylation sites (tertiary alicyclic amines) is 1. The van der Waals surface area contributed by atoms with Crippen molar-refractivity contribution in [2.24, 2.45) is 0 Å². The number of benzene rings is 2. The number of hydrogen-bond donors (Lipinski definition) is 1. The summed E-state index contributed by atoms with van der Waals surface area (Å²) in [4.78, 5) is 23.5. The minimum absolute atomic E-state index is 0.0757. The number of carboxylic acid groups (broad SMARTS) is 1. The van der Waals surface area contributed by atoms with Gasteiger partial charge >= 0.3 is 5.97 Å².